The molecule has 3 aromatic rings. The molecule has 1 fully saturated rings. The average Bonchev–Trinajstić information content (AvgIpc) is 3.52. The molecule has 0 spiro atoms. The van der Waals surface area contributed by atoms with Crippen molar-refractivity contribution in [2.24, 2.45) is 0 Å². The van der Waals surface area contributed by atoms with Crippen molar-refractivity contribution in [2.45, 2.75) is 42.6 Å². The summed E-state index contributed by atoms with van der Waals surface area (Å²) in [6, 6.07) is 19.2. The molecular weight excluding hydrogens is 382 g/mol. The number of nitriles is 1. The molecule has 0 aliphatic heterocycles. The Morgan fingerprint density at radius 3 is 2.76 bits per heavy atom. The van der Waals surface area contributed by atoms with Crippen LogP contribution in [0.15, 0.2) is 59.8 Å². The van der Waals surface area contributed by atoms with Crippen LogP contribution in [-0.4, -0.2) is 25.9 Å². The second-order valence-electron chi connectivity index (χ2n) is 7.13. The number of aromatic nitrogens is 3. The first kappa shape index (κ1) is 19.2. The highest BCUT2D eigenvalue weighted by Crippen LogP contribution is 2.40. The van der Waals surface area contributed by atoms with Crippen LogP contribution in [0.2, 0.25) is 0 Å². The van der Waals surface area contributed by atoms with Gasteiger partial charge in [-0.1, -0.05) is 48.2 Å². The summed E-state index contributed by atoms with van der Waals surface area (Å²) < 4.78 is 2.14. The molecule has 6 nitrogen and oxygen atoms in total. The third-order valence-electron chi connectivity index (χ3n) is 4.78. The molecule has 1 saturated carbocycles. The maximum Gasteiger partial charge on any atom is 0.237 e. The third-order valence-corrected chi connectivity index (χ3v) is 5.86. The number of nitrogens with zero attached hydrogens (tertiary/aromatic N) is 4. The van der Waals surface area contributed by atoms with Crippen molar-refractivity contribution in [3.8, 4) is 6.07 Å². The van der Waals surface area contributed by atoms with E-state index in [-0.39, 0.29) is 11.2 Å². The number of anilines is 1. The molecule has 1 amide bonds. The number of hydrogen-bond acceptors (Lipinski definition) is 5. The summed E-state index contributed by atoms with van der Waals surface area (Å²) in [6.45, 7) is 2.55. The second-order valence-corrected chi connectivity index (χ2v) is 8.44. The predicted molar refractivity (Wildman–Crippen MR) is 113 cm³/mol. The van der Waals surface area contributed by atoms with Gasteiger partial charge in [0.15, 0.2) is 5.16 Å². The molecule has 29 heavy (non-hydrogen) atoms. The maximum atomic E-state index is 12.7. The van der Waals surface area contributed by atoms with Crippen LogP contribution in [0.3, 0.4) is 0 Å². The molecule has 0 bridgehead atoms. The number of thioether (sulfide) groups is 1. The molecule has 1 aromatic heterocycles. The number of carbonyl (C=O) groups excluding carboxylic acids is 1. The fourth-order valence-corrected chi connectivity index (χ4v) is 3.92. The first-order chi connectivity index (χ1) is 14.1. The normalized spacial score (nSPS) is 14.2. The van der Waals surface area contributed by atoms with Gasteiger partial charge in [-0.15, -0.1) is 10.2 Å². The van der Waals surface area contributed by atoms with Crippen LogP contribution in [0.1, 0.15) is 42.6 Å². The highest BCUT2D eigenvalue weighted by atomic mass is 32.2. The molecule has 7 heteroatoms. The Balaban J connectivity index is 1.49. The van der Waals surface area contributed by atoms with E-state index in [9.17, 15) is 4.79 Å². The Morgan fingerprint density at radius 2 is 2.03 bits per heavy atom. The average molecular weight is 404 g/mol. The number of benzene rings is 2. The maximum absolute atomic E-state index is 12.7. The van der Waals surface area contributed by atoms with Gasteiger partial charge in [-0.05, 0) is 43.5 Å². The van der Waals surface area contributed by atoms with Gasteiger partial charge in [0, 0.05) is 11.6 Å². The van der Waals surface area contributed by atoms with E-state index in [2.05, 4.69) is 38.3 Å². The van der Waals surface area contributed by atoms with Crippen LogP contribution < -0.4 is 5.32 Å². The minimum Gasteiger partial charge on any atom is -0.325 e. The van der Waals surface area contributed by atoms with Crippen LogP contribution >= 0.6 is 11.8 Å². The Morgan fingerprint density at radius 1 is 1.24 bits per heavy atom. The van der Waals surface area contributed by atoms with Crippen molar-refractivity contribution >= 4 is 23.4 Å². The van der Waals surface area contributed by atoms with E-state index in [1.54, 1.807) is 24.3 Å². The van der Waals surface area contributed by atoms with Crippen molar-refractivity contribution in [3.63, 3.8) is 0 Å². The lowest BCUT2D eigenvalue weighted by atomic mass is 10.2. The minimum absolute atomic E-state index is 0.132. The van der Waals surface area contributed by atoms with Crippen LogP contribution in [0.4, 0.5) is 5.69 Å². The van der Waals surface area contributed by atoms with E-state index in [1.807, 2.05) is 25.1 Å². The van der Waals surface area contributed by atoms with Crippen molar-refractivity contribution in [2.75, 3.05) is 5.32 Å². The number of rotatable bonds is 7. The number of hydrogen-bond donors (Lipinski definition) is 1. The fourth-order valence-electron chi connectivity index (χ4n) is 3.07. The van der Waals surface area contributed by atoms with Crippen LogP contribution in [-0.2, 0) is 11.3 Å². The van der Waals surface area contributed by atoms with Gasteiger partial charge in [-0.3, -0.25) is 4.79 Å². The van der Waals surface area contributed by atoms with Crippen LogP contribution in [0.5, 0.6) is 0 Å². The molecule has 0 saturated heterocycles. The zero-order chi connectivity index (χ0) is 20.2. The summed E-state index contributed by atoms with van der Waals surface area (Å²) in [5.41, 5.74) is 2.31. The molecule has 0 unspecified atom stereocenters. The molecule has 1 aliphatic carbocycles. The van der Waals surface area contributed by atoms with Gasteiger partial charge in [-0.2, -0.15) is 5.26 Å². The van der Waals surface area contributed by atoms with E-state index < -0.39 is 0 Å². The van der Waals surface area contributed by atoms with Crippen LogP contribution in [0.25, 0.3) is 0 Å². The topological polar surface area (TPSA) is 83.6 Å². The Kier molecular flexibility index (Phi) is 5.63. The highest BCUT2D eigenvalue weighted by molar-refractivity contribution is 8.00. The largest absolute Gasteiger partial charge is 0.325 e. The van der Waals surface area contributed by atoms with Gasteiger partial charge in [-0.25, -0.2) is 0 Å². The molecular formula is C22H21N5OS. The molecule has 0 radical (unpaired) electrons. The monoisotopic (exact) mass is 403 g/mol. The number of carbonyl (C=O) groups is 1. The van der Waals surface area contributed by atoms with Crippen molar-refractivity contribution in [1.82, 2.24) is 14.8 Å². The number of amides is 1. The highest BCUT2D eigenvalue weighted by Gasteiger charge is 2.31. The Bertz CT molecular complexity index is 1050. The van der Waals surface area contributed by atoms with Gasteiger partial charge in [0.1, 0.15) is 5.82 Å². The van der Waals surface area contributed by atoms with E-state index in [0.717, 1.165) is 23.8 Å². The standard InChI is InChI=1S/C22H21N5OS/c1-15(21(28)24-19-9-5-8-17(12-19)13-23)29-22-26-25-20(18-10-11-18)27(22)14-16-6-3-2-4-7-16/h2-9,12,15,18H,10-11,14H2,1H3,(H,24,28)/t15-/m1/s1. The smallest absolute Gasteiger partial charge is 0.237 e. The van der Waals surface area contributed by atoms with Gasteiger partial charge in [0.25, 0.3) is 0 Å². The summed E-state index contributed by atoms with van der Waals surface area (Å²) in [7, 11) is 0. The van der Waals surface area contributed by atoms with Gasteiger partial charge < -0.3 is 9.88 Å². The summed E-state index contributed by atoms with van der Waals surface area (Å²) in [6.07, 6.45) is 2.28. The van der Waals surface area contributed by atoms with Gasteiger partial charge in [0.2, 0.25) is 5.91 Å². The second kappa shape index (κ2) is 8.50. The Labute approximate surface area is 174 Å². The molecule has 1 heterocycles. The summed E-state index contributed by atoms with van der Waals surface area (Å²) in [5, 5.41) is 21.1. The van der Waals surface area contributed by atoms with Gasteiger partial charge >= 0.3 is 0 Å². The molecule has 1 atom stereocenters. The van der Waals surface area contributed by atoms with Crippen molar-refractivity contribution < 1.29 is 4.79 Å². The first-order valence-electron chi connectivity index (χ1n) is 9.59. The third kappa shape index (κ3) is 4.66. The molecule has 1 aliphatic rings. The number of nitrogens with one attached hydrogen (secondary N) is 1. The summed E-state index contributed by atoms with van der Waals surface area (Å²) >= 11 is 1.41. The lowest BCUT2D eigenvalue weighted by Gasteiger charge is -2.14. The minimum atomic E-state index is -0.355. The lowest BCUT2D eigenvalue weighted by Crippen LogP contribution is -2.23. The molecule has 146 valence electrons. The fraction of sp³-hybridized carbons (Fsp3) is 0.273. The van der Waals surface area contributed by atoms with Crippen molar-refractivity contribution in [1.29, 1.82) is 5.26 Å². The van der Waals surface area contributed by atoms with E-state index in [0.29, 0.717) is 23.7 Å². The van der Waals surface area contributed by atoms with E-state index in [1.165, 1.54) is 17.3 Å². The zero-order valence-corrected chi connectivity index (χ0v) is 16.9. The summed E-state index contributed by atoms with van der Waals surface area (Å²) in [4.78, 5) is 12.7. The summed E-state index contributed by atoms with van der Waals surface area (Å²) in [5.74, 6) is 1.34. The van der Waals surface area contributed by atoms with Crippen molar-refractivity contribution in [3.05, 3.63) is 71.5 Å². The quantitative estimate of drug-likeness (QED) is 0.598. The predicted octanol–water partition coefficient (Wildman–Crippen LogP) is 4.19. The molecule has 4 rings (SSSR count). The molecule has 1 N–H and O–H groups in total. The first-order valence-corrected chi connectivity index (χ1v) is 10.5. The van der Waals surface area contributed by atoms with E-state index >= 15 is 0 Å². The molecule has 2 aromatic carbocycles. The van der Waals surface area contributed by atoms with E-state index in [4.69, 9.17) is 5.26 Å². The SMILES string of the molecule is C[C@@H](Sc1nnc(C2CC2)n1Cc1ccccc1)C(=O)Nc1cccc(C#N)c1. The van der Waals surface area contributed by atoms with Crippen LogP contribution in [0, 0.1) is 11.3 Å². The zero-order valence-electron chi connectivity index (χ0n) is 16.1. The lowest BCUT2D eigenvalue weighted by molar-refractivity contribution is -0.115. The van der Waals surface area contributed by atoms with Gasteiger partial charge in [0.05, 0.1) is 23.4 Å². The Hall–Kier alpha value is -3.11.